The largest absolute Gasteiger partial charge is 0.381 e. The zero-order valence-corrected chi connectivity index (χ0v) is 12.8. The molecule has 0 aliphatic rings. The number of nitrogens with zero attached hydrogens (tertiary/aromatic N) is 2. The van der Waals surface area contributed by atoms with Crippen LogP contribution in [0, 0.1) is 11.3 Å². The van der Waals surface area contributed by atoms with Crippen LogP contribution >= 0.6 is 15.9 Å². The van der Waals surface area contributed by atoms with Gasteiger partial charge in [-0.3, -0.25) is 0 Å². The van der Waals surface area contributed by atoms with Gasteiger partial charge >= 0.3 is 0 Å². The van der Waals surface area contributed by atoms with E-state index in [1.54, 1.807) is 0 Å². The van der Waals surface area contributed by atoms with Crippen molar-refractivity contribution in [2.75, 3.05) is 25.0 Å². The number of hydrogen-bond donors (Lipinski definition) is 1. The Morgan fingerprint density at radius 2 is 2.06 bits per heavy atom. The van der Waals surface area contributed by atoms with Crippen LogP contribution in [0.3, 0.4) is 0 Å². The Balaban J connectivity index is 2.62. The zero-order valence-electron chi connectivity index (χ0n) is 11.2. The third-order valence-corrected chi connectivity index (χ3v) is 3.59. The molecule has 0 aliphatic carbocycles. The van der Waals surface area contributed by atoms with Gasteiger partial charge in [0.1, 0.15) is 6.07 Å². The van der Waals surface area contributed by atoms with Gasteiger partial charge in [0.2, 0.25) is 0 Å². The van der Waals surface area contributed by atoms with E-state index in [1.807, 2.05) is 18.2 Å². The molecule has 0 bridgehead atoms. The fourth-order valence-electron chi connectivity index (χ4n) is 1.89. The predicted octanol–water partition coefficient (Wildman–Crippen LogP) is 3.46. The van der Waals surface area contributed by atoms with Gasteiger partial charge in [-0.15, -0.1) is 0 Å². The molecule has 0 aromatic heterocycles. The van der Waals surface area contributed by atoms with Crippen LogP contribution in [0.15, 0.2) is 22.7 Å². The van der Waals surface area contributed by atoms with E-state index < -0.39 is 0 Å². The average Bonchev–Trinajstić information content (AvgIpc) is 2.36. The molecule has 0 heterocycles. The van der Waals surface area contributed by atoms with E-state index >= 15 is 0 Å². The fraction of sp³-hybridized carbons (Fsp3) is 0.500. The molecule has 1 unspecified atom stereocenters. The monoisotopic (exact) mass is 309 g/mol. The van der Waals surface area contributed by atoms with Crippen molar-refractivity contribution in [1.82, 2.24) is 4.90 Å². The summed E-state index contributed by atoms with van der Waals surface area (Å²) in [6, 6.07) is 8.25. The molecular formula is C14H20BrN3. The highest BCUT2D eigenvalue weighted by Gasteiger charge is 2.08. The lowest BCUT2D eigenvalue weighted by Gasteiger charge is -2.24. The molecule has 0 saturated carbocycles. The van der Waals surface area contributed by atoms with Crippen molar-refractivity contribution in [2.24, 2.45) is 0 Å². The lowest BCUT2D eigenvalue weighted by Crippen LogP contribution is -2.34. The van der Waals surface area contributed by atoms with Gasteiger partial charge in [-0.25, -0.2) is 0 Å². The van der Waals surface area contributed by atoms with E-state index in [4.69, 9.17) is 5.26 Å². The van der Waals surface area contributed by atoms with Crippen LogP contribution < -0.4 is 5.32 Å². The van der Waals surface area contributed by atoms with Gasteiger partial charge in [0.15, 0.2) is 0 Å². The molecule has 0 aliphatic heterocycles. The topological polar surface area (TPSA) is 39.1 Å². The second-order valence-corrected chi connectivity index (χ2v) is 5.19. The van der Waals surface area contributed by atoms with E-state index in [0.717, 1.165) is 29.8 Å². The summed E-state index contributed by atoms with van der Waals surface area (Å²) in [7, 11) is 0. The third kappa shape index (κ3) is 4.32. The summed E-state index contributed by atoms with van der Waals surface area (Å²) in [4.78, 5) is 2.39. The summed E-state index contributed by atoms with van der Waals surface area (Å²) < 4.78 is 0.838. The number of anilines is 1. The number of benzene rings is 1. The van der Waals surface area contributed by atoms with E-state index in [2.05, 4.69) is 53.0 Å². The van der Waals surface area contributed by atoms with Crippen molar-refractivity contribution in [2.45, 2.75) is 26.8 Å². The Morgan fingerprint density at radius 1 is 1.39 bits per heavy atom. The molecule has 0 amide bonds. The van der Waals surface area contributed by atoms with Crippen LogP contribution in [0.4, 0.5) is 5.69 Å². The summed E-state index contributed by atoms with van der Waals surface area (Å²) in [5.74, 6) is 0. The molecule has 1 N–H and O–H groups in total. The molecule has 0 saturated heterocycles. The normalized spacial score (nSPS) is 12.2. The molecular weight excluding hydrogens is 290 g/mol. The standard InChI is InChI=1S/C14H20BrN3/c1-4-18(5-2)10-11(3)17-13-7-6-12(9-16)14(15)8-13/h6-8,11,17H,4-5,10H2,1-3H3. The summed E-state index contributed by atoms with van der Waals surface area (Å²) >= 11 is 3.40. The minimum Gasteiger partial charge on any atom is -0.381 e. The molecule has 18 heavy (non-hydrogen) atoms. The maximum atomic E-state index is 8.87. The van der Waals surface area contributed by atoms with Gasteiger partial charge in [-0.2, -0.15) is 5.26 Å². The number of likely N-dealkylation sites (N-methyl/N-ethyl adjacent to an activating group) is 1. The summed E-state index contributed by atoms with van der Waals surface area (Å²) in [6.07, 6.45) is 0. The van der Waals surface area contributed by atoms with Crippen LogP contribution in [-0.4, -0.2) is 30.6 Å². The Bertz CT molecular complexity index is 422. The molecule has 1 atom stereocenters. The third-order valence-electron chi connectivity index (χ3n) is 2.93. The Morgan fingerprint density at radius 3 is 2.56 bits per heavy atom. The summed E-state index contributed by atoms with van der Waals surface area (Å²) in [5.41, 5.74) is 1.71. The SMILES string of the molecule is CCN(CC)CC(C)Nc1ccc(C#N)c(Br)c1. The van der Waals surface area contributed by atoms with Crippen LogP contribution in [0.25, 0.3) is 0 Å². The molecule has 0 fully saturated rings. The van der Waals surface area contributed by atoms with Crippen molar-refractivity contribution in [3.8, 4) is 6.07 Å². The maximum absolute atomic E-state index is 8.87. The minimum atomic E-state index is 0.379. The maximum Gasteiger partial charge on any atom is 0.100 e. The molecule has 3 nitrogen and oxygen atoms in total. The van der Waals surface area contributed by atoms with Crippen molar-refractivity contribution >= 4 is 21.6 Å². The number of hydrogen-bond acceptors (Lipinski definition) is 3. The predicted molar refractivity (Wildman–Crippen MR) is 79.7 cm³/mol. The highest BCUT2D eigenvalue weighted by atomic mass is 79.9. The van der Waals surface area contributed by atoms with Gasteiger partial charge in [0.25, 0.3) is 0 Å². The van der Waals surface area contributed by atoms with Gasteiger partial charge in [0.05, 0.1) is 5.56 Å². The second-order valence-electron chi connectivity index (χ2n) is 4.34. The van der Waals surface area contributed by atoms with E-state index in [1.165, 1.54) is 0 Å². The fourth-order valence-corrected chi connectivity index (χ4v) is 2.36. The lowest BCUT2D eigenvalue weighted by molar-refractivity contribution is 0.295. The molecule has 1 aromatic rings. The van der Waals surface area contributed by atoms with Crippen LogP contribution in [0.5, 0.6) is 0 Å². The van der Waals surface area contributed by atoms with E-state index in [-0.39, 0.29) is 0 Å². The van der Waals surface area contributed by atoms with Gasteiger partial charge < -0.3 is 10.2 Å². The first kappa shape index (κ1) is 15.0. The number of halogens is 1. The van der Waals surface area contributed by atoms with Crippen LogP contribution in [0.2, 0.25) is 0 Å². The zero-order chi connectivity index (χ0) is 13.5. The number of nitriles is 1. The van der Waals surface area contributed by atoms with Gasteiger partial charge in [-0.05, 0) is 54.1 Å². The molecule has 1 rings (SSSR count). The first-order valence-corrected chi connectivity index (χ1v) is 7.08. The van der Waals surface area contributed by atoms with Crippen molar-refractivity contribution in [3.63, 3.8) is 0 Å². The lowest BCUT2D eigenvalue weighted by atomic mass is 10.2. The van der Waals surface area contributed by atoms with Crippen molar-refractivity contribution < 1.29 is 0 Å². The highest BCUT2D eigenvalue weighted by molar-refractivity contribution is 9.10. The Kier molecular flexibility index (Phi) is 6.17. The second kappa shape index (κ2) is 7.40. The van der Waals surface area contributed by atoms with Crippen LogP contribution in [0.1, 0.15) is 26.3 Å². The molecule has 1 aromatic carbocycles. The van der Waals surface area contributed by atoms with E-state index in [9.17, 15) is 0 Å². The summed E-state index contributed by atoms with van der Waals surface area (Å²) in [6.45, 7) is 9.68. The Hall–Kier alpha value is -1.05. The quantitative estimate of drug-likeness (QED) is 0.874. The Labute approximate surface area is 118 Å². The van der Waals surface area contributed by atoms with Gasteiger partial charge in [0, 0.05) is 22.7 Å². The van der Waals surface area contributed by atoms with Crippen molar-refractivity contribution in [3.05, 3.63) is 28.2 Å². The van der Waals surface area contributed by atoms with Gasteiger partial charge in [-0.1, -0.05) is 13.8 Å². The van der Waals surface area contributed by atoms with E-state index in [0.29, 0.717) is 11.6 Å². The average molecular weight is 310 g/mol. The highest BCUT2D eigenvalue weighted by Crippen LogP contribution is 2.21. The smallest absolute Gasteiger partial charge is 0.100 e. The first-order valence-electron chi connectivity index (χ1n) is 6.29. The number of nitrogens with one attached hydrogen (secondary N) is 1. The van der Waals surface area contributed by atoms with Crippen molar-refractivity contribution in [1.29, 1.82) is 5.26 Å². The minimum absolute atomic E-state index is 0.379. The van der Waals surface area contributed by atoms with Crippen LogP contribution in [-0.2, 0) is 0 Å². The molecule has 4 heteroatoms. The summed E-state index contributed by atoms with van der Waals surface area (Å²) in [5, 5.41) is 12.3. The number of rotatable bonds is 6. The first-order chi connectivity index (χ1) is 8.60. The molecule has 0 radical (unpaired) electrons. The molecule has 0 spiro atoms. The molecule has 98 valence electrons.